The van der Waals surface area contributed by atoms with E-state index in [0.717, 1.165) is 11.0 Å². The number of hydrogen-bond donors (Lipinski definition) is 1. The summed E-state index contributed by atoms with van der Waals surface area (Å²) >= 11 is 5.73. The van der Waals surface area contributed by atoms with Gasteiger partial charge in [-0.25, -0.2) is 8.78 Å². The first-order chi connectivity index (χ1) is 7.41. The van der Waals surface area contributed by atoms with Gasteiger partial charge in [0, 0.05) is 7.05 Å². The summed E-state index contributed by atoms with van der Waals surface area (Å²) in [5.74, 6) is -0.792. The van der Waals surface area contributed by atoms with Crippen molar-refractivity contribution in [1.82, 2.24) is 4.90 Å². The topological polar surface area (TPSA) is 40.5 Å². The molecule has 0 aliphatic rings. The van der Waals surface area contributed by atoms with Gasteiger partial charge in [-0.15, -0.1) is 0 Å². The number of phenols is 1. The molecule has 0 saturated heterocycles. The number of nitrogens with zero attached hydrogens (tertiary/aromatic N) is 1. The van der Waals surface area contributed by atoms with Crippen molar-refractivity contribution < 1.29 is 18.7 Å². The van der Waals surface area contributed by atoms with Gasteiger partial charge in [-0.1, -0.05) is 11.6 Å². The molecule has 88 valence electrons. The molecule has 3 nitrogen and oxygen atoms in total. The second kappa shape index (κ2) is 5.12. The minimum Gasteiger partial charge on any atom is -0.508 e. The largest absolute Gasteiger partial charge is 0.508 e. The summed E-state index contributed by atoms with van der Waals surface area (Å²) in [5, 5.41) is 9.29. The average Bonchev–Trinajstić information content (AvgIpc) is 2.19. The van der Waals surface area contributed by atoms with Crippen molar-refractivity contribution in [1.29, 1.82) is 0 Å². The van der Waals surface area contributed by atoms with Gasteiger partial charge >= 0.3 is 0 Å². The van der Waals surface area contributed by atoms with E-state index in [9.17, 15) is 18.7 Å². The number of phenolic OH excluding ortho intramolecular Hbond substituents is 1. The van der Waals surface area contributed by atoms with Crippen LogP contribution in [0.2, 0.25) is 5.02 Å². The molecule has 0 radical (unpaired) electrons. The van der Waals surface area contributed by atoms with Gasteiger partial charge in [-0.3, -0.25) is 4.79 Å². The van der Waals surface area contributed by atoms with Crippen molar-refractivity contribution in [3.05, 3.63) is 28.8 Å². The zero-order chi connectivity index (χ0) is 12.3. The van der Waals surface area contributed by atoms with Crippen LogP contribution >= 0.6 is 11.6 Å². The van der Waals surface area contributed by atoms with Gasteiger partial charge in [-0.2, -0.15) is 0 Å². The second-order valence-electron chi connectivity index (χ2n) is 3.24. The lowest BCUT2D eigenvalue weighted by Gasteiger charge is -2.17. The highest BCUT2D eigenvalue weighted by Crippen LogP contribution is 2.22. The molecule has 16 heavy (non-hydrogen) atoms. The van der Waals surface area contributed by atoms with Crippen LogP contribution in [0.5, 0.6) is 5.75 Å². The summed E-state index contributed by atoms with van der Waals surface area (Å²) < 4.78 is 24.1. The van der Waals surface area contributed by atoms with Gasteiger partial charge in [0.1, 0.15) is 5.75 Å². The molecule has 1 rings (SSSR count). The van der Waals surface area contributed by atoms with Gasteiger partial charge in [0.05, 0.1) is 17.1 Å². The van der Waals surface area contributed by atoms with E-state index in [2.05, 4.69) is 0 Å². The number of carbonyl (C=O) groups excluding carboxylic acids is 1. The summed E-state index contributed by atoms with van der Waals surface area (Å²) in [4.78, 5) is 12.5. The normalized spacial score (nSPS) is 10.6. The fourth-order valence-corrected chi connectivity index (χ4v) is 1.37. The third-order valence-corrected chi connectivity index (χ3v) is 2.27. The van der Waals surface area contributed by atoms with Crippen LogP contribution in [0.3, 0.4) is 0 Å². The molecule has 0 fully saturated rings. The molecule has 0 spiro atoms. The second-order valence-corrected chi connectivity index (χ2v) is 3.65. The summed E-state index contributed by atoms with van der Waals surface area (Å²) in [5.41, 5.74) is 0.00446. The molecule has 1 aromatic carbocycles. The van der Waals surface area contributed by atoms with Gasteiger partial charge in [0.2, 0.25) is 0 Å². The first-order valence-electron chi connectivity index (χ1n) is 4.44. The molecule has 6 heteroatoms. The van der Waals surface area contributed by atoms with Crippen molar-refractivity contribution in [2.24, 2.45) is 0 Å². The Hall–Kier alpha value is -1.36. The Morgan fingerprint density at radius 1 is 1.56 bits per heavy atom. The molecule has 0 bridgehead atoms. The lowest BCUT2D eigenvalue weighted by molar-refractivity contribution is 0.0620. The van der Waals surface area contributed by atoms with Crippen molar-refractivity contribution in [2.45, 2.75) is 6.43 Å². The van der Waals surface area contributed by atoms with Crippen molar-refractivity contribution in [3.8, 4) is 5.75 Å². The van der Waals surface area contributed by atoms with Crippen LogP contribution in [0.25, 0.3) is 0 Å². The highest BCUT2D eigenvalue weighted by Gasteiger charge is 2.18. The molecule has 0 unspecified atom stereocenters. The quantitative estimate of drug-likeness (QED) is 0.894. The molecule has 0 aromatic heterocycles. The van der Waals surface area contributed by atoms with E-state index in [1.807, 2.05) is 0 Å². The lowest BCUT2D eigenvalue weighted by Crippen LogP contribution is -2.31. The van der Waals surface area contributed by atoms with Crippen LogP contribution in [0.4, 0.5) is 8.78 Å². The minimum atomic E-state index is -2.61. The van der Waals surface area contributed by atoms with E-state index in [1.165, 1.54) is 19.2 Å². The maximum Gasteiger partial charge on any atom is 0.255 e. The number of rotatable bonds is 3. The van der Waals surface area contributed by atoms with Crippen LogP contribution < -0.4 is 0 Å². The van der Waals surface area contributed by atoms with Crippen LogP contribution in [0.1, 0.15) is 10.4 Å². The Balaban J connectivity index is 2.91. The number of aromatic hydroxyl groups is 1. The minimum absolute atomic E-state index is 0.00446. The zero-order valence-electron chi connectivity index (χ0n) is 8.45. The Labute approximate surface area is 96.2 Å². The monoisotopic (exact) mass is 249 g/mol. The van der Waals surface area contributed by atoms with Gasteiger partial charge in [-0.05, 0) is 18.2 Å². The molecular weight excluding hydrogens is 240 g/mol. The molecule has 0 aliphatic carbocycles. The number of halogens is 3. The summed E-state index contributed by atoms with van der Waals surface area (Å²) in [6.45, 7) is -0.676. The smallest absolute Gasteiger partial charge is 0.255 e. The van der Waals surface area contributed by atoms with E-state index in [1.54, 1.807) is 0 Å². The Morgan fingerprint density at radius 2 is 2.19 bits per heavy atom. The first-order valence-corrected chi connectivity index (χ1v) is 4.81. The number of alkyl halides is 2. The highest BCUT2D eigenvalue weighted by atomic mass is 35.5. The molecule has 1 aromatic rings. The van der Waals surface area contributed by atoms with Gasteiger partial charge in [0.15, 0.2) is 0 Å². The summed E-state index contributed by atoms with van der Waals surface area (Å²) in [6, 6.07) is 3.79. The Bertz CT molecular complexity index is 398. The maximum atomic E-state index is 12.1. The number of amides is 1. The maximum absolute atomic E-state index is 12.1. The van der Waals surface area contributed by atoms with E-state index in [0.29, 0.717) is 0 Å². The third-order valence-electron chi connectivity index (χ3n) is 1.94. The van der Waals surface area contributed by atoms with Crippen LogP contribution in [0, 0.1) is 0 Å². The molecule has 0 aliphatic heterocycles. The van der Waals surface area contributed by atoms with E-state index < -0.39 is 18.9 Å². The van der Waals surface area contributed by atoms with Crippen LogP contribution in [-0.4, -0.2) is 35.9 Å². The molecule has 0 saturated carbocycles. The number of benzene rings is 1. The molecule has 0 atom stereocenters. The van der Waals surface area contributed by atoms with E-state index in [4.69, 9.17) is 11.6 Å². The first kappa shape index (κ1) is 12.7. The van der Waals surface area contributed by atoms with Crippen molar-refractivity contribution in [2.75, 3.05) is 13.6 Å². The lowest BCUT2D eigenvalue weighted by atomic mass is 10.2. The fourth-order valence-electron chi connectivity index (χ4n) is 1.17. The number of hydrogen-bond acceptors (Lipinski definition) is 2. The molecule has 1 N–H and O–H groups in total. The van der Waals surface area contributed by atoms with Crippen molar-refractivity contribution >= 4 is 17.5 Å². The average molecular weight is 250 g/mol. The predicted molar refractivity (Wildman–Crippen MR) is 56.1 cm³/mol. The predicted octanol–water partition coefficient (Wildman–Crippen LogP) is 2.38. The number of carbonyl (C=O) groups is 1. The molecule has 1 amide bonds. The van der Waals surface area contributed by atoms with Gasteiger partial charge < -0.3 is 10.0 Å². The van der Waals surface area contributed by atoms with E-state index >= 15 is 0 Å². The van der Waals surface area contributed by atoms with Gasteiger partial charge in [0.25, 0.3) is 12.3 Å². The standard InChI is InChI=1S/C10H10ClF2NO2/c1-14(5-9(12)13)10(16)7-4-6(15)2-3-8(7)11/h2-4,9,15H,5H2,1H3. The SMILES string of the molecule is CN(CC(F)F)C(=O)c1cc(O)ccc1Cl. The Morgan fingerprint density at radius 3 is 2.75 bits per heavy atom. The Kier molecular flexibility index (Phi) is 4.06. The fraction of sp³-hybridized carbons (Fsp3) is 0.300. The van der Waals surface area contributed by atoms with Crippen LogP contribution in [0.15, 0.2) is 18.2 Å². The summed E-state index contributed by atoms with van der Waals surface area (Å²) in [6.07, 6.45) is -2.61. The summed E-state index contributed by atoms with van der Waals surface area (Å²) in [7, 11) is 1.24. The van der Waals surface area contributed by atoms with Crippen LogP contribution in [-0.2, 0) is 0 Å². The zero-order valence-corrected chi connectivity index (χ0v) is 9.21. The highest BCUT2D eigenvalue weighted by molar-refractivity contribution is 6.33. The van der Waals surface area contributed by atoms with E-state index in [-0.39, 0.29) is 16.3 Å². The third kappa shape index (κ3) is 3.06. The van der Waals surface area contributed by atoms with Crippen molar-refractivity contribution in [3.63, 3.8) is 0 Å². The molecule has 0 heterocycles. The molecular formula is C10H10ClF2NO2.